The summed E-state index contributed by atoms with van der Waals surface area (Å²) in [5.41, 5.74) is 3.24. The lowest BCUT2D eigenvalue weighted by molar-refractivity contribution is 0.243. The molecule has 1 rings (SSSR count). The number of benzene rings is 1. The molecule has 13 heavy (non-hydrogen) atoms. The van der Waals surface area contributed by atoms with E-state index < -0.39 is 0 Å². The minimum Gasteiger partial charge on any atom is -0.340 e. The van der Waals surface area contributed by atoms with Crippen LogP contribution in [0.1, 0.15) is 5.56 Å². The molecular formula is C9H11N3O. The molecule has 4 nitrogen and oxygen atoms in total. The third-order valence-electron chi connectivity index (χ3n) is 1.41. The Balaban J connectivity index is 2.45. The molecule has 0 fully saturated rings. The van der Waals surface area contributed by atoms with Crippen LogP contribution in [0.5, 0.6) is 0 Å². The summed E-state index contributed by atoms with van der Waals surface area (Å²) in [6.45, 7) is 0. The molecule has 0 aromatic heterocycles. The summed E-state index contributed by atoms with van der Waals surface area (Å²) in [5.74, 6) is 0. The summed E-state index contributed by atoms with van der Waals surface area (Å²) >= 11 is 0. The molecule has 0 aliphatic carbocycles. The van der Waals surface area contributed by atoms with Gasteiger partial charge in [0.25, 0.3) is 0 Å². The molecule has 0 heterocycles. The number of amides is 2. The van der Waals surface area contributed by atoms with Crippen LogP contribution in [-0.4, -0.2) is 19.3 Å². The number of carbonyl (C=O) groups is 1. The van der Waals surface area contributed by atoms with Crippen LogP contribution in [0.15, 0.2) is 35.4 Å². The normalized spacial score (nSPS) is 9.92. The van der Waals surface area contributed by atoms with Crippen molar-refractivity contribution in [2.75, 3.05) is 7.05 Å². The van der Waals surface area contributed by atoms with Crippen LogP contribution in [-0.2, 0) is 0 Å². The summed E-state index contributed by atoms with van der Waals surface area (Å²) in [7, 11) is 1.54. The third-order valence-corrected chi connectivity index (χ3v) is 1.41. The molecule has 2 N–H and O–H groups in total. The summed E-state index contributed by atoms with van der Waals surface area (Å²) in [6, 6.07) is 9.20. The molecule has 0 unspecified atom stereocenters. The Bertz CT molecular complexity index is 295. The first-order valence-corrected chi connectivity index (χ1v) is 3.89. The van der Waals surface area contributed by atoms with E-state index in [0.29, 0.717) is 0 Å². The molecule has 0 spiro atoms. The quantitative estimate of drug-likeness (QED) is 0.513. The molecule has 1 aromatic carbocycles. The molecule has 2 amide bonds. The van der Waals surface area contributed by atoms with E-state index in [1.165, 1.54) is 7.05 Å². The zero-order valence-corrected chi connectivity index (χ0v) is 7.32. The van der Waals surface area contributed by atoms with Gasteiger partial charge in [0.05, 0.1) is 6.21 Å². The van der Waals surface area contributed by atoms with E-state index in [9.17, 15) is 4.79 Å². The van der Waals surface area contributed by atoms with Crippen molar-refractivity contribution in [2.45, 2.75) is 0 Å². The van der Waals surface area contributed by atoms with E-state index >= 15 is 0 Å². The maximum absolute atomic E-state index is 10.7. The van der Waals surface area contributed by atoms with Crippen molar-refractivity contribution < 1.29 is 4.79 Å². The lowest BCUT2D eigenvalue weighted by atomic mass is 10.2. The van der Waals surface area contributed by atoms with Crippen LogP contribution in [0.3, 0.4) is 0 Å². The Morgan fingerprint density at radius 1 is 1.38 bits per heavy atom. The average molecular weight is 177 g/mol. The average Bonchev–Trinajstić information content (AvgIpc) is 2.19. The predicted molar refractivity (Wildman–Crippen MR) is 51.6 cm³/mol. The van der Waals surface area contributed by atoms with E-state index in [4.69, 9.17) is 0 Å². The van der Waals surface area contributed by atoms with Gasteiger partial charge in [-0.05, 0) is 5.56 Å². The first kappa shape index (κ1) is 9.25. The van der Waals surface area contributed by atoms with Gasteiger partial charge in [-0.3, -0.25) is 0 Å². The Labute approximate surface area is 76.7 Å². The maximum Gasteiger partial charge on any atom is 0.334 e. The first-order valence-electron chi connectivity index (χ1n) is 3.89. The highest BCUT2D eigenvalue weighted by Crippen LogP contribution is 1.92. The second-order valence-corrected chi connectivity index (χ2v) is 2.36. The highest BCUT2D eigenvalue weighted by atomic mass is 16.2. The monoisotopic (exact) mass is 177 g/mol. The molecule has 4 heteroatoms. The summed E-state index contributed by atoms with van der Waals surface area (Å²) in [6.07, 6.45) is 1.58. The highest BCUT2D eigenvalue weighted by Gasteiger charge is 1.89. The van der Waals surface area contributed by atoms with E-state index in [-0.39, 0.29) is 6.03 Å². The van der Waals surface area contributed by atoms with Gasteiger partial charge in [0.2, 0.25) is 0 Å². The van der Waals surface area contributed by atoms with Gasteiger partial charge in [-0.1, -0.05) is 30.3 Å². The Kier molecular flexibility index (Phi) is 3.50. The lowest BCUT2D eigenvalue weighted by Crippen LogP contribution is -2.28. The van der Waals surface area contributed by atoms with Gasteiger partial charge in [0, 0.05) is 7.05 Å². The minimum atomic E-state index is -0.327. The number of nitrogens with zero attached hydrogens (tertiary/aromatic N) is 1. The van der Waals surface area contributed by atoms with Gasteiger partial charge in [0.15, 0.2) is 0 Å². The van der Waals surface area contributed by atoms with Crippen molar-refractivity contribution in [3.8, 4) is 0 Å². The second kappa shape index (κ2) is 4.92. The van der Waals surface area contributed by atoms with E-state index in [0.717, 1.165) is 5.56 Å². The standard InChI is InChI=1S/C9H11N3O/c1-10-9(13)12-11-7-8-5-3-2-4-6-8/h2-7H,1H3,(H2,10,12,13). The van der Waals surface area contributed by atoms with E-state index in [2.05, 4.69) is 15.8 Å². The minimum absolute atomic E-state index is 0.327. The third kappa shape index (κ3) is 3.37. The summed E-state index contributed by atoms with van der Waals surface area (Å²) in [5, 5.41) is 6.11. The van der Waals surface area contributed by atoms with Gasteiger partial charge in [-0.15, -0.1) is 0 Å². The van der Waals surface area contributed by atoms with E-state index in [1.54, 1.807) is 6.21 Å². The zero-order valence-electron chi connectivity index (χ0n) is 7.32. The van der Waals surface area contributed by atoms with Crippen molar-refractivity contribution in [3.63, 3.8) is 0 Å². The largest absolute Gasteiger partial charge is 0.340 e. The topological polar surface area (TPSA) is 53.5 Å². The van der Waals surface area contributed by atoms with Gasteiger partial charge in [-0.2, -0.15) is 5.10 Å². The van der Waals surface area contributed by atoms with Crippen LogP contribution >= 0.6 is 0 Å². The Morgan fingerprint density at radius 2 is 2.08 bits per heavy atom. The summed E-state index contributed by atoms with van der Waals surface area (Å²) < 4.78 is 0. The Hall–Kier alpha value is -1.84. The number of nitrogens with one attached hydrogen (secondary N) is 2. The molecule has 68 valence electrons. The Morgan fingerprint density at radius 3 is 2.69 bits per heavy atom. The molecular weight excluding hydrogens is 166 g/mol. The second-order valence-electron chi connectivity index (χ2n) is 2.36. The zero-order chi connectivity index (χ0) is 9.52. The van der Waals surface area contributed by atoms with E-state index in [1.807, 2.05) is 30.3 Å². The fourth-order valence-corrected chi connectivity index (χ4v) is 0.760. The first-order chi connectivity index (χ1) is 6.33. The van der Waals surface area contributed by atoms with Crippen molar-refractivity contribution in [2.24, 2.45) is 5.10 Å². The van der Waals surface area contributed by atoms with Crippen molar-refractivity contribution in [3.05, 3.63) is 35.9 Å². The predicted octanol–water partition coefficient (Wildman–Crippen LogP) is 0.950. The fraction of sp³-hybridized carbons (Fsp3) is 0.111. The summed E-state index contributed by atoms with van der Waals surface area (Å²) in [4.78, 5) is 10.7. The smallest absolute Gasteiger partial charge is 0.334 e. The van der Waals surface area contributed by atoms with Gasteiger partial charge in [-0.25, -0.2) is 10.2 Å². The van der Waals surface area contributed by atoms with Crippen LogP contribution in [0.2, 0.25) is 0 Å². The lowest BCUT2D eigenvalue weighted by Gasteiger charge is -1.95. The molecule has 0 aliphatic rings. The number of urea groups is 1. The molecule has 1 aromatic rings. The van der Waals surface area contributed by atoms with Crippen LogP contribution in [0.4, 0.5) is 4.79 Å². The highest BCUT2D eigenvalue weighted by molar-refractivity contribution is 5.81. The SMILES string of the molecule is CNC(=O)NN=Cc1ccccc1. The van der Waals surface area contributed by atoms with Gasteiger partial charge < -0.3 is 5.32 Å². The number of rotatable bonds is 2. The number of hydrogen-bond acceptors (Lipinski definition) is 2. The van der Waals surface area contributed by atoms with Crippen molar-refractivity contribution >= 4 is 12.2 Å². The van der Waals surface area contributed by atoms with Crippen LogP contribution in [0.25, 0.3) is 0 Å². The van der Waals surface area contributed by atoms with Crippen molar-refractivity contribution in [1.29, 1.82) is 0 Å². The molecule has 0 bridgehead atoms. The molecule has 0 atom stereocenters. The van der Waals surface area contributed by atoms with Gasteiger partial charge in [0.1, 0.15) is 0 Å². The van der Waals surface area contributed by atoms with Gasteiger partial charge >= 0.3 is 6.03 Å². The van der Waals surface area contributed by atoms with Crippen molar-refractivity contribution in [1.82, 2.24) is 10.7 Å². The number of carbonyl (C=O) groups excluding carboxylic acids is 1. The van der Waals surface area contributed by atoms with Crippen LogP contribution < -0.4 is 10.7 Å². The number of hydrazone groups is 1. The molecule has 0 saturated heterocycles. The molecule has 0 aliphatic heterocycles. The fourth-order valence-electron chi connectivity index (χ4n) is 0.760. The maximum atomic E-state index is 10.7. The number of hydrogen-bond donors (Lipinski definition) is 2. The molecule has 0 radical (unpaired) electrons. The van der Waals surface area contributed by atoms with Crippen LogP contribution in [0, 0.1) is 0 Å². The molecule has 0 saturated carbocycles.